The van der Waals surface area contributed by atoms with Gasteiger partial charge in [0.05, 0.1) is 0 Å². The number of allylic oxidation sites excluding steroid dienone is 1. The molecule has 5 heteroatoms. The molecule has 0 radical (unpaired) electrons. The third-order valence-electron chi connectivity index (χ3n) is 6.61. The van der Waals surface area contributed by atoms with Crippen LogP contribution in [0.5, 0.6) is 5.75 Å². The molecule has 3 aliphatic rings. The molecule has 0 aromatic heterocycles. The van der Waals surface area contributed by atoms with E-state index in [-0.39, 0.29) is 12.5 Å². The van der Waals surface area contributed by atoms with E-state index in [1.807, 2.05) is 35.2 Å². The number of carbonyl (C=O) groups excluding carboxylic acids is 2. The molecule has 0 saturated carbocycles. The van der Waals surface area contributed by atoms with Crippen molar-refractivity contribution in [1.29, 1.82) is 0 Å². The number of rotatable bonds is 5. The summed E-state index contributed by atoms with van der Waals surface area (Å²) in [6.45, 7) is 2.41. The lowest BCUT2D eigenvalue weighted by molar-refractivity contribution is -0.142. The van der Waals surface area contributed by atoms with Crippen LogP contribution >= 0.6 is 0 Å². The third-order valence-corrected chi connectivity index (χ3v) is 6.61. The largest absolute Gasteiger partial charge is 0.484 e. The minimum atomic E-state index is 0.0446. The second-order valence-corrected chi connectivity index (χ2v) is 8.57. The molecule has 2 atom stereocenters. The van der Waals surface area contributed by atoms with E-state index in [4.69, 9.17) is 4.74 Å². The van der Waals surface area contributed by atoms with Crippen LogP contribution in [0, 0.1) is 5.92 Å². The standard InChI is InChI=1S/C24H32N2O3/c27-23(16-19-8-3-1-4-9-19)26-14-7-10-20-17-25(15-13-22(20)26)24(28)18-29-21-11-5-2-6-12-21/h2,5-6,8,11-12,20,22H,1,3-4,7,9-10,13-18H2/t20-,22+/m1/s1. The number of ether oxygens (including phenoxy) is 1. The minimum Gasteiger partial charge on any atom is -0.484 e. The molecule has 1 aromatic rings. The van der Waals surface area contributed by atoms with Crippen molar-refractivity contribution in [1.82, 2.24) is 9.80 Å². The highest BCUT2D eigenvalue weighted by Gasteiger charge is 2.39. The Morgan fingerprint density at radius 1 is 1.00 bits per heavy atom. The van der Waals surface area contributed by atoms with Crippen molar-refractivity contribution in [2.24, 2.45) is 5.92 Å². The number of hydrogen-bond acceptors (Lipinski definition) is 3. The molecule has 4 rings (SSSR count). The molecule has 0 spiro atoms. The van der Waals surface area contributed by atoms with E-state index in [1.54, 1.807) is 0 Å². The van der Waals surface area contributed by atoms with Crippen molar-refractivity contribution in [3.63, 3.8) is 0 Å². The van der Waals surface area contributed by atoms with Gasteiger partial charge in [-0.05, 0) is 63.0 Å². The SMILES string of the molecule is O=C(COc1ccccc1)N1CC[C@H]2[C@H](CCCN2C(=O)CC2=CCCCC2)C1. The van der Waals surface area contributed by atoms with E-state index in [0.717, 1.165) is 50.9 Å². The number of likely N-dealkylation sites (tertiary alicyclic amines) is 2. The zero-order chi connectivity index (χ0) is 20.1. The maximum Gasteiger partial charge on any atom is 0.260 e. The summed E-state index contributed by atoms with van der Waals surface area (Å²) in [4.78, 5) is 29.7. The molecule has 1 aromatic carbocycles. The summed E-state index contributed by atoms with van der Waals surface area (Å²) >= 11 is 0. The van der Waals surface area contributed by atoms with Crippen molar-refractivity contribution in [3.05, 3.63) is 42.0 Å². The van der Waals surface area contributed by atoms with Crippen LogP contribution in [0.3, 0.4) is 0 Å². The van der Waals surface area contributed by atoms with Gasteiger partial charge in [0.15, 0.2) is 6.61 Å². The number of para-hydroxylation sites is 1. The van der Waals surface area contributed by atoms with E-state index in [1.165, 1.54) is 18.4 Å². The Hall–Kier alpha value is -2.30. The number of piperidine rings is 2. The predicted octanol–water partition coefficient (Wildman–Crippen LogP) is 3.80. The highest BCUT2D eigenvalue weighted by molar-refractivity contribution is 5.80. The topological polar surface area (TPSA) is 49.9 Å². The Bertz CT molecular complexity index is 746. The molecule has 5 nitrogen and oxygen atoms in total. The molecule has 29 heavy (non-hydrogen) atoms. The third kappa shape index (κ3) is 5.01. The van der Waals surface area contributed by atoms with Crippen LogP contribution in [0.1, 0.15) is 51.4 Å². The molecule has 0 unspecified atom stereocenters. The monoisotopic (exact) mass is 396 g/mol. The normalized spacial score (nSPS) is 24.5. The number of amides is 2. The summed E-state index contributed by atoms with van der Waals surface area (Å²) in [6, 6.07) is 9.77. The average molecular weight is 397 g/mol. The van der Waals surface area contributed by atoms with Crippen molar-refractivity contribution < 1.29 is 14.3 Å². The Morgan fingerprint density at radius 3 is 2.66 bits per heavy atom. The molecule has 2 aliphatic heterocycles. The summed E-state index contributed by atoms with van der Waals surface area (Å²) in [5, 5.41) is 0. The molecular weight excluding hydrogens is 364 g/mol. The van der Waals surface area contributed by atoms with Crippen molar-refractivity contribution in [2.45, 2.75) is 57.4 Å². The average Bonchev–Trinajstić information content (AvgIpc) is 2.78. The highest BCUT2D eigenvalue weighted by Crippen LogP contribution is 2.32. The molecule has 1 aliphatic carbocycles. The first-order valence-corrected chi connectivity index (χ1v) is 11.1. The van der Waals surface area contributed by atoms with E-state index in [0.29, 0.717) is 30.8 Å². The smallest absolute Gasteiger partial charge is 0.260 e. The number of fused-ring (bicyclic) bond motifs is 1. The lowest BCUT2D eigenvalue weighted by Crippen LogP contribution is -2.57. The van der Waals surface area contributed by atoms with Gasteiger partial charge < -0.3 is 14.5 Å². The summed E-state index contributed by atoms with van der Waals surface area (Å²) < 4.78 is 5.64. The molecule has 156 valence electrons. The lowest BCUT2D eigenvalue weighted by atomic mass is 9.83. The summed E-state index contributed by atoms with van der Waals surface area (Å²) in [7, 11) is 0. The van der Waals surface area contributed by atoms with Gasteiger partial charge in [0.25, 0.3) is 5.91 Å². The number of carbonyl (C=O) groups is 2. The Labute approximate surface area is 173 Å². The molecule has 2 saturated heterocycles. The first-order valence-electron chi connectivity index (χ1n) is 11.1. The highest BCUT2D eigenvalue weighted by atomic mass is 16.5. The van der Waals surface area contributed by atoms with Crippen LogP contribution in [-0.4, -0.2) is 53.9 Å². The van der Waals surface area contributed by atoms with Gasteiger partial charge in [0.1, 0.15) is 5.75 Å². The maximum absolute atomic E-state index is 13.0. The van der Waals surface area contributed by atoms with E-state index < -0.39 is 0 Å². The fourth-order valence-corrected chi connectivity index (χ4v) is 5.05. The van der Waals surface area contributed by atoms with Crippen molar-refractivity contribution >= 4 is 11.8 Å². The first-order chi connectivity index (χ1) is 14.2. The van der Waals surface area contributed by atoms with Gasteiger partial charge in [0.2, 0.25) is 5.91 Å². The Morgan fingerprint density at radius 2 is 1.86 bits per heavy atom. The van der Waals surface area contributed by atoms with Crippen molar-refractivity contribution in [2.75, 3.05) is 26.2 Å². The molecule has 2 fully saturated rings. The molecule has 2 heterocycles. The van der Waals surface area contributed by atoms with Crippen LogP contribution in [0.25, 0.3) is 0 Å². The number of benzene rings is 1. The van der Waals surface area contributed by atoms with Crippen LogP contribution in [0.2, 0.25) is 0 Å². The van der Waals surface area contributed by atoms with Gasteiger partial charge in [-0.1, -0.05) is 29.8 Å². The molecule has 2 amide bonds. The zero-order valence-electron chi connectivity index (χ0n) is 17.2. The minimum absolute atomic E-state index is 0.0446. The lowest BCUT2D eigenvalue weighted by Gasteiger charge is -2.47. The summed E-state index contributed by atoms with van der Waals surface area (Å²) in [5.74, 6) is 1.45. The summed E-state index contributed by atoms with van der Waals surface area (Å²) in [5.41, 5.74) is 1.33. The number of nitrogens with zero attached hydrogens (tertiary/aromatic N) is 2. The molecule has 0 bridgehead atoms. The molecule has 0 N–H and O–H groups in total. The maximum atomic E-state index is 13.0. The van der Waals surface area contributed by atoms with Crippen LogP contribution in [0.4, 0.5) is 0 Å². The van der Waals surface area contributed by atoms with Crippen LogP contribution in [0.15, 0.2) is 42.0 Å². The molecular formula is C24H32N2O3. The predicted molar refractivity (Wildman–Crippen MR) is 113 cm³/mol. The first kappa shape index (κ1) is 20.0. The Balaban J connectivity index is 1.30. The summed E-state index contributed by atoms with van der Waals surface area (Å²) in [6.07, 6.45) is 10.6. The quantitative estimate of drug-likeness (QED) is 0.712. The van der Waals surface area contributed by atoms with Gasteiger partial charge >= 0.3 is 0 Å². The fraction of sp³-hybridized carbons (Fsp3) is 0.583. The van der Waals surface area contributed by atoms with Crippen molar-refractivity contribution in [3.8, 4) is 5.75 Å². The second-order valence-electron chi connectivity index (χ2n) is 8.57. The van der Waals surface area contributed by atoms with Crippen LogP contribution < -0.4 is 4.74 Å². The van der Waals surface area contributed by atoms with E-state index >= 15 is 0 Å². The van der Waals surface area contributed by atoms with Gasteiger partial charge in [-0.2, -0.15) is 0 Å². The van der Waals surface area contributed by atoms with Gasteiger partial charge in [-0.3, -0.25) is 9.59 Å². The Kier molecular flexibility index (Phi) is 6.53. The van der Waals surface area contributed by atoms with Gasteiger partial charge in [-0.25, -0.2) is 0 Å². The zero-order valence-corrected chi connectivity index (χ0v) is 17.2. The van der Waals surface area contributed by atoms with E-state index in [2.05, 4.69) is 11.0 Å². The van der Waals surface area contributed by atoms with Crippen LogP contribution in [-0.2, 0) is 9.59 Å². The van der Waals surface area contributed by atoms with Gasteiger partial charge in [-0.15, -0.1) is 0 Å². The number of hydrogen-bond donors (Lipinski definition) is 0. The van der Waals surface area contributed by atoms with Gasteiger partial charge in [0, 0.05) is 32.1 Å². The van der Waals surface area contributed by atoms with E-state index in [9.17, 15) is 9.59 Å². The second kappa shape index (κ2) is 9.47. The fourth-order valence-electron chi connectivity index (χ4n) is 5.05.